The molecule has 1 heterocycles. The number of rotatable bonds is 4. The highest BCUT2D eigenvalue weighted by molar-refractivity contribution is 9.10. The molecule has 3 rings (SSSR count). The maximum Gasteiger partial charge on any atom is 0.266 e. The molecule has 2 aromatic carbocycles. The number of halogens is 3. The van der Waals surface area contributed by atoms with Crippen LogP contribution in [0.15, 0.2) is 51.8 Å². The molecule has 10 heteroatoms. The molecule has 0 bridgehead atoms. The first-order valence-electron chi connectivity index (χ1n) is 6.43. The van der Waals surface area contributed by atoms with Gasteiger partial charge in [0.1, 0.15) is 16.5 Å². The van der Waals surface area contributed by atoms with E-state index in [9.17, 15) is 17.2 Å². The second-order valence-corrected chi connectivity index (χ2v) is 7.85. The van der Waals surface area contributed by atoms with E-state index in [1.165, 1.54) is 0 Å². The third-order valence-electron chi connectivity index (χ3n) is 2.94. The van der Waals surface area contributed by atoms with E-state index >= 15 is 0 Å². The predicted octanol–water partition coefficient (Wildman–Crippen LogP) is 4.05. The van der Waals surface area contributed by atoms with E-state index in [-0.39, 0.29) is 9.60 Å². The number of anilines is 1. The van der Waals surface area contributed by atoms with Crippen LogP contribution in [0.1, 0.15) is 0 Å². The average molecular weight is 432 g/mol. The van der Waals surface area contributed by atoms with E-state index in [4.69, 9.17) is 0 Å². The van der Waals surface area contributed by atoms with E-state index in [1.807, 2.05) is 6.07 Å². The monoisotopic (exact) mass is 431 g/mol. The van der Waals surface area contributed by atoms with Crippen molar-refractivity contribution in [2.75, 3.05) is 4.72 Å². The fourth-order valence-corrected chi connectivity index (χ4v) is 4.05. The first-order chi connectivity index (χ1) is 11.4. The zero-order valence-corrected chi connectivity index (χ0v) is 14.9. The number of nitrogens with one attached hydrogen (secondary N) is 1. The molecule has 0 spiro atoms. The van der Waals surface area contributed by atoms with Crippen molar-refractivity contribution in [1.29, 1.82) is 0 Å². The number of hydrogen-bond acceptors (Lipinski definition) is 5. The van der Waals surface area contributed by atoms with Gasteiger partial charge in [0, 0.05) is 17.1 Å². The molecular formula is C14H8BrF2N3O2S2. The quantitative estimate of drug-likeness (QED) is 0.632. The Morgan fingerprint density at radius 1 is 1.08 bits per heavy atom. The molecule has 0 atom stereocenters. The summed E-state index contributed by atoms with van der Waals surface area (Å²) < 4.78 is 57.8. The highest BCUT2D eigenvalue weighted by Crippen LogP contribution is 2.26. The van der Waals surface area contributed by atoms with Crippen molar-refractivity contribution in [2.24, 2.45) is 0 Å². The maximum atomic E-state index is 13.9. The van der Waals surface area contributed by atoms with E-state index in [0.29, 0.717) is 17.5 Å². The topological polar surface area (TPSA) is 72.0 Å². The molecule has 0 amide bonds. The van der Waals surface area contributed by atoms with Gasteiger partial charge in [-0.1, -0.05) is 30.3 Å². The number of aromatic nitrogens is 2. The Labute approximate surface area is 148 Å². The lowest BCUT2D eigenvalue weighted by Gasteiger charge is -2.07. The van der Waals surface area contributed by atoms with Crippen molar-refractivity contribution in [3.05, 3.63) is 58.6 Å². The van der Waals surface area contributed by atoms with Crippen molar-refractivity contribution in [3.63, 3.8) is 0 Å². The van der Waals surface area contributed by atoms with Gasteiger partial charge >= 0.3 is 0 Å². The van der Waals surface area contributed by atoms with Crippen LogP contribution in [-0.2, 0) is 10.0 Å². The largest absolute Gasteiger partial charge is 0.266 e. The van der Waals surface area contributed by atoms with Crippen LogP contribution in [0.3, 0.4) is 0 Å². The number of benzene rings is 2. The summed E-state index contributed by atoms with van der Waals surface area (Å²) in [7, 11) is -4.33. The van der Waals surface area contributed by atoms with Crippen LogP contribution in [0.5, 0.6) is 0 Å². The number of nitrogens with zero attached hydrogens (tertiary/aromatic N) is 2. The zero-order valence-electron chi connectivity index (χ0n) is 11.7. The van der Waals surface area contributed by atoms with Crippen LogP contribution in [0, 0.1) is 11.6 Å². The molecular weight excluding hydrogens is 424 g/mol. The highest BCUT2D eigenvalue weighted by Gasteiger charge is 2.23. The summed E-state index contributed by atoms with van der Waals surface area (Å²) in [5.41, 5.74) is 0.708. The second-order valence-electron chi connectivity index (χ2n) is 4.59. The summed E-state index contributed by atoms with van der Waals surface area (Å²) >= 11 is 3.59. The second kappa shape index (κ2) is 6.54. The zero-order chi connectivity index (χ0) is 17.3. The minimum absolute atomic E-state index is 0.0448. The molecule has 0 saturated heterocycles. The standard InChI is InChI=1S/C14H8BrF2N3O2S2/c15-9-6-11(17)12(7-10(9)16)24(21,22)20-14-18-13(19-23-14)8-4-2-1-3-5-8/h1-7H,(H,18,19,20). The smallest absolute Gasteiger partial charge is 0.253 e. The Morgan fingerprint density at radius 3 is 2.50 bits per heavy atom. The van der Waals surface area contributed by atoms with Gasteiger partial charge in [-0.3, -0.25) is 4.72 Å². The van der Waals surface area contributed by atoms with Gasteiger partial charge in [-0.05, 0) is 28.1 Å². The van der Waals surface area contributed by atoms with Crippen LogP contribution in [-0.4, -0.2) is 17.8 Å². The molecule has 5 nitrogen and oxygen atoms in total. The SMILES string of the molecule is O=S(=O)(Nc1nc(-c2ccccc2)ns1)c1cc(F)c(Br)cc1F. The van der Waals surface area contributed by atoms with Crippen molar-refractivity contribution in [3.8, 4) is 11.4 Å². The number of hydrogen-bond donors (Lipinski definition) is 1. The number of sulfonamides is 1. The summed E-state index contributed by atoms with van der Waals surface area (Å²) in [5.74, 6) is -1.64. The van der Waals surface area contributed by atoms with Crippen molar-refractivity contribution < 1.29 is 17.2 Å². The Balaban J connectivity index is 1.91. The first kappa shape index (κ1) is 16.9. The van der Waals surface area contributed by atoms with Crippen LogP contribution in [0.2, 0.25) is 0 Å². The Kier molecular flexibility index (Phi) is 4.61. The van der Waals surface area contributed by atoms with Gasteiger partial charge in [0.15, 0.2) is 5.82 Å². The molecule has 24 heavy (non-hydrogen) atoms. The third kappa shape index (κ3) is 3.45. The van der Waals surface area contributed by atoms with E-state index in [2.05, 4.69) is 30.0 Å². The fourth-order valence-electron chi connectivity index (χ4n) is 1.85. The Hall–Kier alpha value is -1.91. The van der Waals surface area contributed by atoms with Gasteiger partial charge in [-0.2, -0.15) is 9.36 Å². The van der Waals surface area contributed by atoms with Gasteiger partial charge in [-0.15, -0.1) is 0 Å². The van der Waals surface area contributed by atoms with Gasteiger partial charge < -0.3 is 0 Å². The summed E-state index contributed by atoms with van der Waals surface area (Å²) in [5, 5.41) is -0.0448. The molecule has 0 fully saturated rings. The minimum Gasteiger partial charge on any atom is -0.253 e. The molecule has 124 valence electrons. The van der Waals surface area contributed by atoms with Gasteiger partial charge in [0.05, 0.1) is 4.47 Å². The van der Waals surface area contributed by atoms with Crippen LogP contribution < -0.4 is 4.72 Å². The molecule has 0 unspecified atom stereocenters. The summed E-state index contributed by atoms with van der Waals surface area (Å²) in [4.78, 5) is 3.25. The molecule has 0 saturated carbocycles. The van der Waals surface area contributed by atoms with Crippen LogP contribution >= 0.6 is 27.5 Å². The maximum absolute atomic E-state index is 13.9. The molecule has 0 aliphatic carbocycles. The first-order valence-corrected chi connectivity index (χ1v) is 9.48. The van der Waals surface area contributed by atoms with Crippen molar-refractivity contribution in [2.45, 2.75) is 4.90 Å². The van der Waals surface area contributed by atoms with Crippen LogP contribution in [0.25, 0.3) is 11.4 Å². The van der Waals surface area contributed by atoms with Crippen molar-refractivity contribution >= 4 is 42.6 Å². The summed E-state index contributed by atoms with van der Waals surface area (Å²) in [6.07, 6.45) is 0. The highest BCUT2D eigenvalue weighted by atomic mass is 79.9. The van der Waals surface area contributed by atoms with Gasteiger partial charge in [0.2, 0.25) is 5.13 Å². The third-order valence-corrected chi connectivity index (χ3v) is 5.67. The fraction of sp³-hybridized carbons (Fsp3) is 0. The normalized spacial score (nSPS) is 11.5. The summed E-state index contributed by atoms with van der Waals surface area (Å²) in [6, 6.07) is 10.3. The van der Waals surface area contributed by atoms with Crippen molar-refractivity contribution in [1.82, 2.24) is 9.36 Å². The molecule has 1 aromatic heterocycles. The molecule has 0 radical (unpaired) electrons. The molecule has 0 aliphatic rings. The van der Waals surface area contributed by atoms with E-state index < -0.39 is 26.6 Å². The lowest BCUT2D eigenvalue weighted by molar-refractivity contribution is 0.552. The van der Waals surface area contributed by atoms with Crippen LogP contribution in [0.4, 0.5) is 13.9 Å². The molecule has 3 aromatic rings. The lowest BCUT2D eigenvalue weighted by atomic mass is 10.2. The Morgan fingerprint density at radius 2 is 1.79 bits per heavy atom. The average Bonchev–Trinajstić information content (AvgIpc) is 2.99. The molecule has 0 aliphatic heterocycles. The summed E-state index contributed by atoms with van der Waals surface area (Å²) in [6.45, 7) is 0. The van der Waals surface area contributed by atoms with Gasteiger partial charge in [0.25, 0.3) is 10.0 Å². The van der Waals surface area contributed by atoms with E-state index in [0.717, 1.165) is 17.6 Å². The molecule has 1 N–H and O–H groups in total. The lowest BCUT2D eigenvalue weighted by Crippen LogP contribution is -2.15. The van der Waals surface area contributed by atoms with E-state index in [1.54, 1.807) is 24.3 Å². The predicted molar refractivity (Wildman–Crippen MR) is 90.2 cm³/mol. The van der Waals surface area contributed by atoms with Gasteiger partial charge in [-0.25, -0.2) is 17.2 Å². The Bertz CT molecular complexity index is 995. The minimum atomic E-state index is -4.33.